The molecule has 2 bridgehead atoms. The fraction of sp³-hybridized carbons (Fsp3) is 0.360. The molecule has 3 aliphatic heterocycles. The minimum absolute atomic E-state index is 0.0285. The van der Waals surface area contributed by atoms with Crippen molar-refractivity contribution < 1.29 is 19.1 Å². The van der Waals surface area contributed by atoms with Crippen LogP contribution in [0.4, 0.5) is 4.79 Å². The molecule has 0 N–H and O–H groups in total. The number of hydrogen-bond donors (Lipinski definition) is 0. The lowest BCUT2D eigenvalue weighted by Gasteiger charge is -2.42. The molecule has 2 aromatic carbocycles. The van der Waals surface area contributed by atoms with Crippen molar-refractivity contribution in [1.82, 2.24) is 4.90 Å². The van der Waals surface area contributed by atoms with E-state index in [4.69, 9.17) is 9.47 Å². The van der Waals surface area contributed by atoms with Gasteiger partial charge in [-0.1, -0.05) is 86.7 Å². The second kappa shape index (κ2) is 7.10. The standard InChI is InChI=1S/C25H25NO4/c1-16(2)23-25(17-9-5-3-6-10-17,18-11-7-4-8-12-18)30-24(28)26(23)22-20(27)15-19-13-14-21(22)29-19/h3-14,16,19,21-23H,15H2,1-2H3/t19-,21+,22+,23+/m0/s1. The Labute approximate surface area is 176 Å². The molecule has 0 unspecified atom stereocenters. The van der Waals surface area contributed by atoms with Crippen molar-refractivity contribution in [2.24, 2.45) is 5.92 Å². The fourth-order valence-corrected chi connectivity index (χ4v) is 5.27. The monoisotopic (exact) mass is 403 g/mol. The molecule has 5 nitrogen and oxygen atoms in total. The summed E-state index contributed by atoms with van der Waals surface area (Å²) in [5, 5.41) is 0. The summed E-state index contributed by atoms with van der Waals surface area (Å²) in [6.45, 7) is 4.14. The first-order valence-corrected chi connectivity index (χ1v) is 10.5. The molecule has 0 aliphatic carbocycles. The smallest absolute Gasteiger partial charge is 0.412 e. The highest BCUT2D eigenvalue weighted by molar-refractivity contribution is 5.91. The molecule has 2 saturated heterocycles. The summed E-state index contributed by atoms with van der Waals surface area (Å²) in [4.78, 5) is 28.2. The third kappa shape index (κ3) is 2.72. The summed E-state index contributed by atoms with van der Waals surface area (Å²) in [6.07, 6.45) is 3.05. The van der Waals surface area contributed by atoms with Crippen LogP contribution in [0.3, 0.4) is 0 Å². The number of carbonyl (C=O) groups excluding carboxylic acids is 2. The Morgan fingerprint density at radius 3 is 2.10 bits per heavy atom. The zero-order chi connectivity index (χ0) is 20.9. The molecule has 0 saturated carbocycles. The highest BCUT2D eigenvalue weighted by Gasteiger charge is 2.61. The Bertz CT molecular complexity index is 945. The Morgan fingerprint density at radius 2 is 1.53 bits per heavy atom. The minimum Gasteiger partial charge on any atom is -0.431 e. The van der Waals surface area contributed by atoms with Crippen LogP contribution in [0.2, 0.25) is 0 Å². The number of carbonyl (C=O) groups is 2. The Hall–Kier alpha value is -2.92. The van der Waals surface area contributed by atoms with E-state index in [1.807, 2.05) is 72.8 Å². The minimum atomic E-state index is -1.01. The first-order valence-electron chi connectivity index (χ1n) is 10.5. The van der Waals surface area contributed by atoms with Gasteiger partial charge in [-0.05, 0) is 5.92 Å². The van der Waals surface area contributed by atoms with Crippen molar-refractivity contribution >= 4 is 11.9 Å². The van der Waals surface area contributed by atoms with Gasteiger partial charge in [0.15, 0.2) is 11.4 Å². The number of hydrogen-bond acceptors (Lipinski definition) is 4. The number of amides is 1. The van der Waals surface area contributed by atoms with Gasteiger partial charge in [0, 0.05) is 17.5 Å². The van der Waals surface area contributed by atoms with Crippen molar-refractivity contribution in [3.8, 4) is 0 Å². The van der Waals surface area contributed by atoms with Gasteiger partial charge in [-0.3, -0.25) is 9.69 Å². The third-order valence-electron chi connectivity index (χ3n) is 6.40. The maximum atomic E-state index is 13.4. The molecule has 5 rings (SSSR count). The number of rotatable bonds is 4. The van der Waals surface area contributed by atoms with Gasteiger partial charge in [0.25, 0.3) is 0 Å². The topological polar surface area (TPSA) is 55.8 Å². The summed E-state index contributed by atoms with van der Waals surface area (Å²) in [7, 11) is 0. The van der Waals surface area contributed by atoms with E-state index in [-0.39, 0.29) is 30.3 Å². The molecule has 0 spiro atoms. The van der Waals surface area contributed by atoms with Crippen LogP contribution in [0.25, 0.3) is 0 Å². The summed E-state index contributed by atoms with van der Waals surface area (Å²) >= 11 is 0. The van der Waals surface area contributed by atoms with Gasteiger partial charge in [-0.15, -0.1) is 0 Å². The van der Waals surface area contributed by atoms with Crippen LogP contribution in [0.5, 0.6) is 0 Å². The quantitative estimate of drug-likeness (QED) is 0.722. The van der Waals surface area contributed by atoms with Crippen molar-refractivity contribution in [1.29, 1.82) is 0 Å². The lowest BCUT2D eigenvalue weighted by molar-refractivity contribution is -0.138. The Kier molecular flexibility index (Phi) is 4.51. The number of benzene rings is 2. The second-order valence-corrected chi connectivity index (χ2v) is 8.57. The Morgan fingerprint density at radius 1 is 0.933 bits per heavy atom. The summed E-state index contributed by atoms with van der Waals surface area (Å²) in [6, 6.07) is 18.6. The predicted octanol–water partition coefficient (Wildman–Crippen LogP) is 4.07. The number of Topliss-reactive ketones (excluding diaryl/α,β-unsaturated/α-hetero) is 1. The van der Waals surface area contributed by atoms with Crippen LogP contribution in [-0.4, -0.2) is 41.1 Å². The third-order valence-corrected chi connectivity index (χ3v) is 6.40. The van der Waals surface area contributed by atoms with Crippen molar-refractivity contribution in [3.63, 3.8) is 0 Å². The van der Waals surface area contributed by atoms with Crippen LogP contribution in [-0.2, 0) is 19.9 Å². The average Bonchev–Trinajstić information content (AvgIpc) is 3.29. The van der Waals surface area contributed by atoms with Crippen molar-refractivity contribution in [2.75, 3.05) is 0 Å². The van der Waals surface area contributed by atoms with Gasteiger partial charge in [-0.2, -0.15) is 0 Å². The van der Waals surface area contributed by atoms with Crippen LogP contribution < -0.4 is 0 Å². The van der Waals surface area contributed by atoms with Crippen LogP contribution in [0.15, 0.2) is 72.8 Å². The van der Waals surface area contributed by atoms with E-state index >= 15 is 0 Å². The second-order valence-electron chi connectivity index (χ2n) is 8.57. The van der Waals surface area contributed by atoms with E-state index in [9.17, 15) is 9.59 Å². The molecule has 1 amide bonds. The first kappa shape index (κ1) is 19.1. The number of ketones is 1. The van der Waals surface area contributed by atoms with Crippen LogP contribution in [0, 0.1) is 5.92 Å². The lowest BCUT2D eigenvalue weighted by Crippen LogP contribution is -2.58. The fourth-order valence-electron chi connectivity index (χ4n) is 5.27. The molecule has 2 fully saturated rings. The van der Waals surface area contributed by atoms with Crippen molar-refractivity contribution in [3.05, 3.63) is 83.9 Å². The number of nitrogens with zero attached hydrogens (tertiary/aromatic N) is 1. The highest BCUT2D eigenvalue weighted by atomic mass is 16.6. The van der Waals surface area contributed by atoms with Crippen LogP contribution in [0.1, 0.15) is 31.4 Å². The SMILES string of the molecule is CC(C)[C@H]1N([C@@H]2C(=O)C[C@@H]3C=C[C@H]2O3)C(=O)OC1(c1ccccc1)c1ccccc1. The molecule has 4 atom stereocenters. The zero-order valence-corrected chi connectivity index (χ0v) is 17.1. The number of ether oxygens (including phenoxy) is 2. The lowest BCUT2D eigenvalue weighted by atomic mass is 9.75. The number of cyclic esters (lactones) is 1. The number of fused-ring (bicyclic) bond motifs is 2. The van der Waals surface area contributed by atoms with E-state index in [2.05, 4.69) is 13.8 Å². The van der Waals surface area contributed by atoms with E-state index < -0.39 is 23.8 Å². The normalized spacial score (nSPS) is 29.5. The molecule has 5 heteroatoms. The molecular weight excluding hydrogens is 378 g/mol. The first-order chi connectivity index (χ1) is 14.5. The maximum absolute atomic E-state index is 13.4. The molecule has 154 valence electrons. The molecule has 2 aromatic rings. The molecule has 0 aromatic heterocycles. The van der Waals surface area contributed by atoms with Gasteiger partial charge < -0.3 is 9.47 Å². The average molecular weight is 403 g/mol. The van der Waals surface area contributed by atoms with E-state index in [1.54, 1.807) is 4.90 Å². The van der Waals surface area contributed by atoms with Gasteiger partial charge in [0.2, 0.25) is 0 Å². The summed E-state index contributed by atoms with van der Waals surface area (Å²) < 4.78 is 12.2. The molecule has 3 heterocycles. The van der Waals surface area contributed by atoms with Gasteiger partial charge in [0.05, 0.1) is 12.1 Å². The zero-order valence-electron chi connectivity index (χ0n) is 17.1. The van der Waals surface area contributed by atoms with Crippen LogP contribution >= 0.6 is 0 Å². The molecule has 0 radical (unpaired) electrons. The molecule has 3 aliphatic rings. The predicted molar refractivity (Wildman–Crippen MR) is 112 cm³/mol. The summed E-state index contributed by atoms with van der Waals surface area (Å²) in [5.41, 5.74) is 0.789. The van der Waals surface area contributed by atoms with Gasteiger partial charge in [-0.25, -0.2) is 4.79 Å². The van der Waals surface area contributed by atoms with E-state index in [1.165, 1.54) is 0 Å². The summed E-state index contributed by atoms with van der Waals surface area (Å²) in [5.74, 6) is 0.0635. The van der Waals surface area contributed by atoms with Gasteiger partial charge in [0.1, 0.15) is 12.1 Å². The van der Waals surface area contributed by atoms with E-state index in [0.717, 1.165) is 11.1 Å². The Balaban J connectivity index is 1.69. The van der Waals surface area contributed by atoms with Crippen molar-refractivity contribution in [2.45, 2.75) is 50.2 Å². The molecule has 30 heavy (non-hydrogen) atoms. The highest BCUT2D eigenvalue weighted by Crippen LogP contribution is 2.49. The maximum Gasteiger partial charge on any atom is 0.412 e. The molecular formula is C25H25NO4. The van der Waals surface area contributed by atoms with Gasteiger partial charge >= 0.3 is 6.09 Å². The van der Waals surface area contributed by atoms with E-state index in [0.29, 0.717) is 0 Å². The largest absolute Gasteiger partial charge is 0.431 e.